The van der Waals surface area contributed by atoms with Gasteiger partial charge in [-0.15, -0.1) is 0 Å². The predicted octanol–water partition coefficient (Wildman–Crippen LogP) is 6.10. The molecule has 4 rings (SSSR count). The van der Waals surface area contributed by atoms with E-state index in [9.17, 15) is 10.2 Å². The van der Waals surface area contributed by atoms with Crippen LogP contribution in [-0.4, -0.2) is 10.2 Å². The van der Waals surface area contributed by atoms with Crippen molar-refractivity contribution in [1.82, 2.24) is 0 Å². The summed E-state index contributed by atoms with van der Waals surface area (Å²) in [5.41, 5.74) is 5.33. The van der Waals surface area contributed by atoms with Crippen molar-refractivity contribution in [2.24, 2.45) is 0 Å². The van der Waals surface area contributed by atoms with Crippen LogP contribution in [0.25, 0.3) is 33.4 Å². The number of hydrogen-bond acceptors (Lipinski definition) is 2. The van der Waals surface area contributed by atoms with Crippen LogP contribution in [-0.2, 0) is 0 Å². The predicted molar refractivity (Wildman–Crippen MR) is 106 cm³/mol. The van der Waals surface area contributed by atoms with Crippen LogP contribution in [0.3, 0.4) is 0 Å². The SMILES string of the molecule is Oc1ccc(-c2ccccc2)cc1-c1cc(-c2ccccc2)ccc1O. The molecule has 0 radical (unpaired) electrons. The maximum atomic E-state index is 10.4. The molecule has 0 unspecified atom stereocenters. The topological polar surface area (TPSA) is 40.5 Å². The summed E-state index contributed by atoms with van der Waals surface area (Å²) >= 11 is 0. The lowest BCUT2D eigenvalue weighted by atomic mass is 9.95. The van der Waals surface area contributed by atoms with Gasteiger partial charge < -0.3 is 10.2 Å². The van der Waals surface area contributed by atoms with Crippen LogP contribution in [0.2, 0.25) is 0 Å². The minimum absolute atomic E-state index is 0.144. The van der Waals surface area contributed by atoms with Crippen molar-refractivity contribution in [3.8, 4) is 44.9 Å². The van der Waals surface area contributed by atoms with Gasteiger partial charge in [-0.3, -0.25) is 0 Å². The number of aromatic hydroxyl groups is 2. The van der Waals surface area contributed by atoms with E-state index in [-0.39, 0.29) is 11.5 Å². The highest BCUT2D eigenvalue weighted by molar-refractivity contribution is 5.83. The normalized spacial score (nSPS) is 10.6. The molecule has 0 saturated heterocycles. The third kappa shape index (κ3) is 3.05. The molecule has 2 N–H and O–H groups in total. The Kier molecular flexibility index (Phi) is 4.16. The molecular weight excluding hydrogens is 320 g/mol. The Hall–Kier alpha value is -3.52. The summed E-state index contributed by atoms with van der Waals surface area (Å²) in [7, 11) is 0. The quantitative estimate of drug-likeness (QED) is 0.474. The van der Waals surface area contributed by atoms with Crippen molar-refractivity contribution in [2.45, 2.75) is 0 Å². The van der Waals surface area contributed by atoms with Gasteiger partial charge in [-0.05, 0) is 46.5 Å². The maximum absolute atomic E-state index is 10.4. The van der Waals surface area contributed by atoms with Crippen LogP contribution in [0.15, 0.2) is 97.1 Å². The van der Waals surface area contributed by atoms with Gasteiger partial charge in [0, 0.05) is 11.1 Å². The fourth-order valence-electron chi connectivity index (χ4n) is 3.12. The van der Waals surface area contributed by atoms with Gasteiger partial charge in [0.1, 0.15) is 11.5 Å². The minimum atomic E-state index is 0.144. The average Bonchev–Trinajstić information content (AvgIpc) is 2.70. The van der Waals surface area contributed by atoms with E-state index in [0.29, 0.717) is 11.1 Å². The van der Waals surface area contributed by atoms with Gasteiger partial charge in [0.05, 0.1) is 0 Å². The van der Waals surface area contributed by atoms with Gasteiger partial charge >= 0.3 is 0 Å². The largest absolute Gasteiger partial charge is 0.507 e. The van der Waals surface area contributed by atoms with Crippen molar-refractivity contribution in [2.75, 3.05) is 0 Å². The minimum Gasteiger partial charge on any atom is -0.507 e. The van der Waals surface area contributed by atoms with E-state index in [1.165, 1.54) is 0 Å². The molecule has 0 amide bonds. The van der Waals surface area contributed by atoms with Gasteiger partial charge in [-0.2, -0.15) is 0 Å². The van der Waals surface area contributed by atoms with Crippen molar-refractivity contribution in [3.63, 3.8) is 0 Å². The third-order valence-corrected chi connectivity index (χ3v) is 4.50. The molecule has 0 fully saturated rings. The summed E-state index contributed by atoms with van der Waals surface area (Å²) in [4.78, 5) is 0. The van der Waals surface area contributed by atoms with Crippen LogP contribution in [0.1, 0.15) is 0 Å². The Morgan fingerprint density at radius 3 is 1.15 bits per heavy atom. The fraction of sp³-hybridized carbons (Fsp3) is 0. The number of hydrogen-bond donors (Lipinski definition) is 2. The zero-order valence-electron chi connectivity index (χ0n) is 14.1. The summed E-state index contributed by atoms with van der Waals surface area (Å²) in [6.45, 7) is 0. The summed E-state index contributed by atoms with van der Waals surface area (Å²) in [5, 5.41) is 20.8. The lowest BCUT2D eigenvalue weighted by Gasteiger charge is -2.12. The second-order valence-corrected chi connectivity index (χ2v) is 6.20. The van der Waals surface area contributed by atoms with Gasteiger partial charge in [-0.1, -0.05) is 72.8 Å². The molecule has 4 aromatic rings. The second-order valence-electron chi connectivity index (χ2n) is 6.20. The Morgan fingerprint density at radius 1 is 0.385 bits per heavy atom. The molecule has 26 heavy (non-hydrogen) atoms. The molecule has 0 aliphatic heterocycles. The molecular formula is C24H18O2. The molecule has 0 heterocycles. The first-order chi connectivity index (χ1) is 12.7. The summed E-state index contributed by atoms with van der Waals surface area (Å²) in [5.74, 6) is 0.287. The number of phenolic OH excluding ortho intramolecular Hbond substituents is 2. The first kappa shape index (κ1) is 16.0. The van der Waals surface area contributed by atoms with Crippen molar-refractivity contribution in [1.29, 1.82) is 0 Å². The summed E-state index contributed by atoms with van der Waals surface area (Å²) < 4.78 is 0. The molecule has 126 valence electrons. The fourth-order valence-corrected chi connectivity index (χ4v) is 3.12. The van der Waals surface area contributed by atoms with E-state index in [0.717, 1.165) is 22.3 Å². The molecule has 0 spiro atoms. The first-order valence-corrected chi connectivity index (χ1v) is 8.49. The lowest BCUT2D eigenvalue weighted by Crippen LogP contribution is -1.86. The van der Waals surface area contributed by atoms with E-state index in [2.05, 4.69) is 0 Å². The first-order valence-electron chi connectivity index (χ1n) is 8.49. The van der Waals surface area contributed by atoms with Gasteiger partial charge in [0.15, 0.2) is 0 Å². The van der Waals surface area contributed by atoms with Crippen molar-refractivity contribution >= 4 is 0 Å². The Labute approximate surface area is 152 Å². The number of benzene rings is 4. The van der Waals surface area contributed by atoms with Gasteiger partial charge in [-0.25, -0.2) is 0 Å². The molecule has 2 nitrogen and oxygen atoms in total. The van der Waals surface area contributed by atoms with E-state index >= 15 is 0 Å². The van der Waals surface area contributed by atoms with E-state index in [4.69, 9.17) is 0 Å². The Bertz CT molecular complexity index is 951. The van der Waals surface area contributed by atoms with E-state index < -0.39 is 0 Å². The standard InChI is InChI=1S/C24H18O2/c25-23-13-11-19(17-7-3-1-4-8-17)15-21(23)22-16-20(12-14-24(22)26)18-9-5-2-6-10-18/h1-16,25-26H. The molecule has 4 aromatic carbocycles. The van der Waals surface area contributed by atoms with Crippen LogP contribution in [0, 0.1) is 0 Å². The van der Waals surface area contributed by atoms with Crippen LogP contribution >= 0.6 is 0 Å². The zero-order valence-corrected chi connectivity index (χ0v) is 14.1. The number of phenols is 2. The highest BCUT2D eigenvalue weighted by Crippen LogP contribution is 2.40. The Balaban J connectivity index is 1.85. The zero-order chi connectivity index (χ0) is 17.9. The molecule has 0 aliphatic carbocycles. The average molecular weight is 338 g/mol. The number of rotatable bonds is 3. The Morgan fingerprint density at radius 2 is 0.769 bits per heavy atom. The third-order valence-electron chi connectivity index (χ3n) is 4.50. The van der Waals surface area contributed by atoms with E-state index in [1.807, 2.05) is 84.9 Å². The molecule has 0 atom stereocenters. The molecule has 0 aromatic heterocycles. The summed E-state index contributed by atoms with van der Waals surface area (Å²) in [6, 6.07) is 30.9. The van der Waals surface area contributed by atoms with Gasteiger partial charge in [0.2, 0.25) is 0 Å². The van der Waals surface area contributed by atoms with Crippen molar-refractivity contribution in [3.05, 3.63) is 97.1 Å². The highest BCUT2D eigenvalue weighted by Gasteiger charge is 2.12. The second kappa shape index (κ2) is 6.77. The highest BCUT2D eigenvalue weighted by atomic mass is 16.3. The molecule has 2 heteroatoms. The lowest BCUT2D eigenvalue weighted by molar-refractivity contribution is 0.469. The molecule has 0 saturated carbocycles. The van der Waals surface area contributed by atoms with Crippen LogP contribution < -0.4 is 0 Å². The monoisotopic (exact) mass is 338 g/mol. The van der Waals surface area contributed by atoms with Gasteiger partial charge in [0.25, 0.3) is 0 Å². The maximum Gasteiger partial charge on any atom is 0.123 e. The smallest absolute Gasteiger partial charge is 0.123 e. The molecule has 0 aliphatic rings. The van der Waals surface area contributed by atoms with Crippen molar-refractivity contribution < 1.29 is 10.2 Å². The van der Waals surface area contributed by atoms with E-state index in [1.54, 1.807) is 12.1 Å². The van der Waals surface area contributed by atoms with Crippen LogP contribution in [0.5, 0.6) is 11.5 Å². The summed E-state index contributed by atoms with van der Waals surface area (Å²) in [6.07, 6.45) is 0. The van der Waals surface area contributed by atoms with Crippen LogP contribution in [0.4, 0.5) is 0 Å². The molecule has 0 bridgehead atoms.